The van der Waals surface area contributed by atoms with Crippen LogP contribution in [0.3, 0.4) is 0 Å². The highest BCUT2D eigenvalue weighted by atomic mass is 16.7. The highest BCUT2D eigenvalue weighted by Crippen LogP contribution is 2.41. The van der Waals surface area contributed by atoms with Crippen LogP contribution in [0.1, 0.15) is 94.9 Å². The van der Waals surface area contributed by atoms with Gasteiger partial charge in [0.05, 0.1) is 47.6 Å². The largest absolute Gasteiger partial charge is 0.459 e. The van der Waals surface area contributed by atoms with Crippen LogP contribution in [-0.4, -0.2) is 150 Å². The molecule has 0 bridgehead atoms. The summed E-state index contributed by atoms with van der Waals surface area (Å²) in [6.45, 7) is 17.1. The summed E-state index contributed by atoms with van der Waals surface area (Å²) < 4.78 is 43.9. The van der Waals surface area contributed by atoms with E-state index in [1.165, 1.54) is 21.1 Å². The highest BCUT2D eigenvalue weighted by molar-refractivity contribution is 5.83. The zero-order chi connectivity index (χ0) is 39.7. The van der Waals surface area contributed by atoms with Gasteiger partial charge in [-0.25, -0.2) is 0 Å². The van der Waals surface area contributed by atoms with Crippen molar-refractivity contribution in [3.8, 4) is 0 Å². The summed E-state index contributed by atoms with van der Waals surface area (Å²) in [7, 11) is 6.77. The molecule has 18 atom stereocenters. The van der Waals surface area contributed by atoms with Gasteiger partial charge in [0.2, 0.25) is 0 Å². The molecular formula is C38H69NO13. The van der Waals surface area contributed by atoms with Gasteiger partial charge in [-0.1, -0.05) is 27.7 Å². The average Bonchev–Trinajstić information content (AvgIpc) is 3.09. The number of carbonyl (C=O) groups is 2. The third-order valence-electron chi connectivity index (χ3n) is 12.3. The lowest BCUT2D eigenvalue weighted by molar-refractivity contribution is -0.319. The van der Waals surface area contributed by atoms with E-state index < -0.39 is 102 Å². The number of methoxy groups -OCH3 is 2. The summed E-state index contributed by atoms with van der Waals surface area (Å²) in [4.78, 5) is 30.1. The van der Waals surface area contributed by atoms with Crippen LogP contribution in [0.15, 0.2) is 0 Å². The Labute approximate surface area is 310 Å². The van der Waals surface area contributed by atoms with Gasteiger partial charge in [-0.15, -0.1) is 0 Å². The number of carbonyl (C=O) groups excluding carboxylic acids is 2. The number of likely N-dealkylation sites (N-methyl/N-ethyl adjacent to an activating group) is 1. The van der Waals surface area contributed by atoms with Crippen molar-refractivity contribution < 1.29 is 63.2 Å². The van der Waals surface area contributed by atoms with Crippen LogP contribution in [0.25, 0.3) is 0 Å². The maximum atomic E-state index is 14.2. The van der Waals surface area contributed by atoms with E-state index in [0.717, 1.165) is 0 Å². The number of hydrogen-bond donors (Lipinski definition) is 4. The Kier molecular flexibility index (Phi) is 15.3. The zero-order valence-electron chi connectivity index (χ0n) is 33.9. The third-order valence-corrected chi connectivity index (χ3v) is 12.3. The number of aliphatic hydroxyl groups excluding tert-OH is 3. The van der Waals surface area contributed by atoms with E-state index in [-0.39, 0.29) is 37.2 Å². The molecule has 0 saturated carbocycles. The van der Waals surface area contributed by atoms with Gasteiger partial charge < -0.3 is 58.5 Å². The SMILES string of the molecule is CC[C@@H]1OC(=O)[C@H](C)[C@@H](O[C@H]2CC(C)(OC)C(O)[C@H](C)O2)[C@H](C)[C@@H](O[C@@H]2O[C@H](C)CC(N(C)C)C2O)[C@](C)(OC)C[C@@H](C)C(=O)[C@H](C)[C@@H](O)[C@]1(C)O. The summed E-state index contributed by atoms with van der Waals surface area (Å²) >= 11 is 0. The zero-order valence-corrected chi connectivity index (χ0v) is 33.9. The van der Waals surface area contributed by atoms with E-state index in [1.54, 1.807) is 48.5 Å². The van der Waals surface area contributed by atoms with Gasteiger partial charge in [-0.05, 0) is 74.9 Å². The summed E-state index contributed by atoms with van der Waals surface area (Å²) in [5.74, 6) is -4.47. The molecule has 14 heteroatoms. The number of hydrogen-bond acceptors (Lipinski definition) is 14. The van der Waals surface area contributed by atoms with Gasteiger partial charge in [0.1, 0.15) is 29.7 Å². The Balaban J connectivity index is 2.22. The van der Waals surface area contributed by atoms with Crippen molar-refractivity contribution in [3.63, 3.8) is 0 Å². The third kappa shape index (κ3) is 9.38. The number of esters is 1. The lowest BCUT2D eigenvalue weighted by atomic mass is 9.74. The molecule has 52 heavy (non-hydrogen) atoms. The van der Waals surface area contributed by atoms with E-state index in [2.05, 4.69) is 0 Å². The van der Waals surface area contributed by atoms with Crippen molar-refractivity contribution in [1.29, 1.82) is 0 Å². The van der Waals surface area contributed by atoms with Crippen molar-refractivity contribution in [2.75, 3.05) is 28.3 Å². The number of rotatable bonds is 8. The minimum atomic E-state index is -1.96. The van der Waals surface area contributed by atoms with Crippen LogP contribution < -0.4 is 0 Å². The van der Waals surface area contributed by atoms with E-state index >= 15 is 0 Å². The predicted molar refractivity (Wildman–Crippen MR) is 191 cm³/mol. The molecule has 4 N–H and O–H groups in total. The summed E-state index contributed by atoms with van der Waals surface area (Å²) in [6, 6.07) is -0.283. The smallest absolute Gasteiger partial charge is 0.311 e. The van der Waals surface area contributed by atoms with Crippen molar-refractivity contribution in [1.82, 2.24) is 4.90 Å². The lowest BCUT2D eigenvalue weighted by Crippen LogP contribution is -2.61. The van der Waals surface area contributed by atoms with Crippen molar-refractivity contribution in [3.05, 3.63) is 0 Å². The average molecular weight is 748 g/mol. The Morgan fingerprint density at radius 1 is 0.846 bits per heavy atom. The molecule has 0 aromatic carbocycles. The molecule has 0 radical (unpaired) electrons. The molecule has 0 spiro atoms. The molecule has 3 rings (SSSR count). The van der Waals surface area contributed by atoms with Crippen LogP contribution in [0.2, 0.25) is 0 Å². The molecule has 14 nitrogen and oxygen atoms in total. The van der Waals surface area contributed by atoms with Crippen LogP contribution in [0.5, 0.6) is 0 Å². The molecule has 0 aliphatic carbocycles. The van der Waals surface area contributed by atoms with Crippen LogP contribution in [-0.2, 0) is 42.7 Å². The quantitative estimate of drug-likeness (QED) is 0.266. The maximum Gasteiger partial charge on any atom is 0.311 e. The first kappa shape index (κ1) is 45.1. The second kappa shape index (κ2) is 17.7. The van der Waals surface area contributed by atoms with Crippen molar-refractivity contribution in [2.24, 2.45) is 23.7 Å². The number of Topliss-reactive ketones (excluding diaryl/α,β-unsaturated/α-hetero) is 1. The molecular weight excluding hydrogens is 678 g/mol. The summed E-state index contributed by atoms with van der Waals surface area (Å²) in [5, 5.41) is 45.6. The van der Waals surface area contributed by atoms with Crippen LogP contribution >= 0.6 is 0 Å². The second-order valence-corrected chi connectivity index (χ2v) is 16.6. The molecule has 0 amide bonds. The number of aliphatic hydroxyl groups is 4. The fourth-order valence-corrected chi connectivity index (χ4v) is 8.58. The van der Waals surface area contributed by atoms with E-state index in [1.807, 2.05) is 32.8 Å². The van der Waals surface area contributed by atoms with Gasteiger partial charge in [0, 0.05) is 44.4 Å². The van der Waals surface area contributed by atoms with Gasteiger partial charge in [0.15, 0.2) is 12.6 Å². The second-order valence-electron chi connectivity index (χ2n) is 16.6. The van der Waals surface area contributed by atoms with E-state index in [0.29, 0.717) is 6.42 Å². The molecule has 304 valence electrons. The Hall–Kier alpha value is -1.30. The molecule has 0 aromatic heterocycles. The summed E-state index contributed by atoms with van der Waals surface area (Å²) in [6.07, 6.45) is -8.73. The first-order valence-electron chi connectivity index (χ1n) is 18.9. The Bertz CT molecular complexity index is 1190. The number of ether oxygens (including phenoxy) is 7. The molecule has 3 aliphatic rings. The van der Waals surface area contributed by atoms with Gasteiger partial charge in [0.25, 0.3) is 0 Å². The van der Waals surface area contributed by atoms with Gasteiger partial charge in [-0.2, -0.15) is 0 Å². The normalized spacial score (nSPS) is 49.0. The number of nitrogens with zero attached hydrogens (tertiary/aromatic N) is 1. The maximum absolute atomic E-state index is 14.2. The molecule has 3 heterocycles. The monoisotopic (exact) mass is 747 g/mol. The lowest BCUT2D eigenvalue weighted by Gasteiger charge is -2.50. The van der Waals surface area contributed by atoms with E-state index in [9.17, 15) is 30.0 Å². The highest BCUT2D eigenvalue weighted by Gasteiger charge is 2.54. The molecule has 3 saturated heterocycles. The Morgan fingerprint density at radius 2 is 1.44 bits per heavy atom. The number of ketones is 1. The van der Waals surface area contributed by atoms with Crippen molar-refractivity contribution in [2.45, 2.75) is 179 Å². The van der Waals surface area contributed by atoms with Gasteiger partial charge in [-0.3, -0.25) is 9.59 Å². The Morgan fingerprint density at radius 3 is 1.98 bits per heavy atom. The minimum absolute atomic E-state index is 0.111. The first-order chi connectivity index (χ1) is 24.0. The number of cyclic esters (lactones) is 1. The standard InChI is InChI=1S/C38H69NO13/c1-15-26-38(10,45)31(42)21(4)28(40)19(2)17-37(9,47-14)33(52-35-29(41)25(39(11)12)16-20(3)48-35)22(5)30(23(6)34(44)50-26)51-27-18-36(8,46-13)32(43)24(7)49-27/h19-27,29-33,35,41-43,45H,15-18H2,1-14H3/t19-,20-,21+,22+,23-,24+,25?,26+,27+,29?,30+,31-,32?,33-,35+,36?,37-,38-/m1/s1. The minimum Gasteiger partial charge on any atom is -0.459 e. The molecule has 4 unspecified atom stereocenters. The topological polar surface area (TPSA) is 183 Å². The molecule has 3 fully saturated rings. The van der Waals surface area contributed by atoms with Crippen molar-refractivity contribution >= 4 is 11.8 Å². The first-order valence-corrected chi connectivity index (χ1v) is 18.9. The fraction of sp³-hybridized carbons (Fsp3) is 0.947. The summed E-state index contributed by atoms with van der Waals surface area (Å²) in [5.41, 5.74) is -4.24. The predicted octanol–water partition coefficient (Wildman–Crippen LogP) is 2.44. The van der Waals surface area contributed by atoms with Crippen LogP contribution in [0, 0.1) is 23.7 Å². The molecule has 3 aliphatic heterocycles. The molecule has 0 aromatic rings. The van der Waals surface area contributed by atoms with E-state index in [4.69, 9.17) is 33.2 Å². The van der Waals surface area contributed by atoms with Gasteiger partial charge >= 0.3 is 5.97 Å². The fourth-order valence-electron chi connectivity index (χ4n) is 8.58. The van der Waals surface area contributed by atoms with Crippen LogP contribution in [0.4, 0.5) is 0 Å².